The summed E-state index contributed by atoms with van der Waals surface area (Å²) in [7, 11) is -0.323. The Morgan fingerprint density at radius 3 is 2.50 bits per heavy atom. The van der Waals surface area contributed by atoms with E-state index in [9.17, 15) is 18.3 Å². The molecule has 0 atom stereocenters. The summed E-state index contributed by atoms with van der Waals surface area (Å²) in [6.07, 6.45) is 1.04. The summed E-state index contributed by atoms with van der Waals surface area (Å²) in [6, 6.07) is 5.52. The minimum Gasteiger partial charge on any atom is -0.508 e. The number of rotatable bonds is 5. The Hall–Kier alpha value is -2.16. The van der Waals surface area contributed by atoms with Crippen LogP contribution in [0, 0.1) is 0 Å². The number of carbonyl (C=O) groups is 1. The average molecular weight is 324 g/mol. The van der Waals surface area contributed by atoms with Gasteiger partial charge in [-0.15, -0.1) is 0 Å². The van der Waals surface area contributed by atoms with E-state index in [1.807, 2.05) is 19.0 Å². The second-order valence-electron chi connectivity index (χ2n) is 5.11. The fraction of sp³-hybridized carbons (Fsp3) is 0.214. The van der Waals surface area contributed by atoms with Gasteiger partial charge in [0.05, 0.1) is 5.56 Å². The Balaban J connectivity index is 2.35. The van der Waals surface area contributed by atoms with E-state index in [0.717, 1.165) is 12.3 Å². The van der Waals surface area contributed by atoms with Crippen LogP contribution in [0.15, 0.2) is 40.0 Å². The third-order valence-electron chi connectivity index (χ3n) is 2.95. The molecule has 0 aliphatic rings. The topological polar surface area (TPSA) is 114 Å². The highest BCUT2D eigenvalue weighted by atomic mass is 32.2. The van der Waals surface area contributed by atoms with Crippen molar-refractivity contribution in [3.8, 4) is 5.75 Å². The molecule has 0 saturated heterocycles. The third-order valence-corrected chi connectivity index (χ3v) is 3.72. The largest absolute Gasteiger partial charge is 0.508 e. The molecule has 0 fully saturated rings. The highest BCUT2D eigenvalue weighted by molar-refractivity contribution is 7.89. The second-order valence-corrected chi connectivity index (χ2v) is 6.60. The Morgan fingerprint density at radius 1 is 1.27 bits per heavy atom. The van der Waals surface area contributed by atoms with E-state index in [0.29, 0.717) is 17.7 Å². The van der Waals surface area contributed by atoms with Crippen LogP contribution in [-0.4, -0.2) is 38.3 Å². The molecule has 3 N–H and O–H groups in total. The molecule has 0 aliphatic heterocycles. The quantitative estimate of drug-likeness (QED) is 0.791. The number of ketones is 1. The van der Waals surface area contributed by atoms with Gasteiger partial charge in [0.1, 0.15) is 12.0 Å². The molecule has 0 aliphatic carbocycles. The maximum Gasteiger partial charge on any atom is 0.271 e. The molecule has 0 amide bonds. The van der Waals surface area contributed by atoms with E-state index in [2.05, 4.69) is 0 Å². The lowest BCUT2D eigenvalue weighted by atomic mass is 10.0. The maximum atomic E-state index is 12.3. The number of primary sulfonamides is 1. The van der Waals surface area contributed by atoms with Gasteiger partial charge in [0.2, 0.25) is 5.09 Å². The summed E-state index contributed by atoms with van der Waals surface area (Å²) in [6.45, 7) is 0.459. The van der Waals surface area contributed by atoms with Gasteiger partial charge in [0.25, 0.3) is 10.0 Å². The van der Waals surface area contributed by atoms with Gasteiger partial charge in [0, 0.05) is 23.7 Å². The van der Waals surface area contributed by atoms with Gasteiger partial charge in [-0.3, -0.25) is 4.79 Å². The summed E-state index contributed by atoms with van der Waals surface area (Å²) in [4.78, 5) is 14.2. The first-order chi connectivity index (χ1) is 10.2. The fourth-order valence-electron chi connectivity index (χ4n) is 1.95. The Labute approximate surface area is 128 Å². The normalized spacial score (nSPS) is 11.8. The van der Waals surface area contributed by atoms with Crippen molar-refractivity contribution in [3.63, 3.8) is 0 Å². The molecule has 7 nitrogen and oxygen atoms in total. The standard InChI is InChI=1S/C14H16N2O5S/c1-16(2)7-10-5-9(3-4-12(10)17)14(18)11-6-13(21-8-11)22(15,19)20/h3-6,8,17H,7H2,1-2H3,(H2,15,19,20). The molecule has 22 heavy (non-hydrogen) atoms. The van der Waals surface area contributed by atoms with Crippen molar-refractivity contribution in [2.24, 2.45) is 5.14 Å². The highest BCUT2D eigenvalue weighted by Crippen LogP contribution is 2.22. The second kappa shape index (κ2) is 5.91. The number of sulfonamides is 1. The predicted octanol–water partition coefficient (Wildman–Crippen LogP) is 0.925. The molecule has 1 aromatic carbocycles. The first kappa shape index (κ1) is 16.2. The number of phenols is 1. The number of furan rings is 1. The van der Waals surface area contributed by atoms with Crippen LogP contribution in [0.5, 0.6) is 5.75 Å². The minimum absolute atomic E-state index is 0.0746. The first-order valence-corrected chi connectivity index (χ1v) is 7.86. The number of hydrogen-bond acceptors (Lipinski definition) is 6. The lowest BCUT2D eigenvalue weighted by molar-refractivity contribution is 0.103. The minimum atomic E-state index is -3.99. The predicted molar refractivity (Wildman–Crippen MR) is 79.0 cm³/mol. The van der Waals surface area contributed by atoms with Crippen molar-refractivity contribution in [1.82, 2.24) is 4.90 Å². The van der Waals surface area contributed by atoms with Gasteiger partial charge < -0.3 is 14.4 Å². The van der Waals surface area contributed by atoms with Crippen LogP contribution in [0.3, 0.4) is 0 Å². The molecule has 2 rings (SSSR count). The Kier molecular flexibility index (Phi) is 4.36. The lowest BCUT2D eigenvalue weighted by Crippen LogP contribution is -2.12. The SMILES string of the molecule is CN(C)Cc1cc(C(=O)c2coc(S(N)(=O)=O)c2)ccc1O. The molecule has 0 saturated carbocycles. The number of hydrogen-bond donors (Lipinski definition) is 2. The van der Waals surface area contributed by atoms with E-state index in [4.69, 9.17) is 9.56 Å². The molecule has 0 radical (unpaired) electrons. The fourth-order valence-corrected chi connectivity index (χ4v) is 2.42. The summed E-state index contributed by atoms with van der Waals surface area (Å²) in [5, 5.41) is 14.3. The van der Waals surface area contributed by atoms with Gasteiger partial charge >= 0.3 is 0 Å². The zero-order chi connectivity index (χ0) is 16.5. The van der Waals surface area contributed by atoms with Crippen molar-refractivity contribution in [1.29, 1.82) is 0 Å². The molecular weight excluding hydrogens is 308 g/mol. The van der Waals surface area contributed by atoms with Crippen LogP contribution >= 0.6 is 0 Å². The van der Waals surface area contributed by atoms with Crippen molar-refractivity contribution in [3.05, 3.63) is 47.2 Å². The number of phenolic OH excluding ortho intramolecular Hbond substituents is 1. The van der Waals surface area contributed by atoms with Crippen LogP contribution in [0.4, 0.5) is 0 Å². The summed E-state index contributed by atoms with van der Waals surface area (Å²) in [5.74, 6) is -0.332. The number of aromatic hydroxyl groups is 1. The zero-order valence-corrected chi connectivity index (χ0v) is 12.9. The number of carbonyl (C=O) groups excluding carboxylic acids is 1. The van der Waals surface area contributed by atoms with Crippen molar-refractivity contribution < 1.29 is 22.7 Å². The van der Waals surface area contributed by atoms with Gasteiger partial charge in [-0.2, -0.15) is 0 Å². The smallest absolute Gasteiger partial charge is 0.271 e. The van der Waals surface area contributed by atoms with Crippen molar-refractivity contribution >= 4 is 15.8 Å². The van der Waals surface area contributed by atoms with Crippen molar-refractivity contribution in [2.75, 3.05) is 14.1 Å². The zero-order valence-electron chi connectivity index (χ0n) is 12.1. The van der Waals surface area contributed by atoms with E-state index >= 15 is 0 Å². The highest BCUT2D eigenvalue weighted by Gasteiger charge is 2.19. The van der Waals surface area contributed by atoms with E-state index in [1.54, 1.807) is 6.07 Å². The van der Waals surface area contributed by atoms with Gasteiger partial charge in [0.15, 0.2) is 5.78 Å². The Morgan fingerprint density at radius 2 is 1.95 bits per heavy atom. The third kappa shape index (κ3) is 3.53. The Bertz CT molecular complexity index is 808. The van der Waals surface area contributed by atoms with Gasteiger partial charge in [-0.05, 0) is 32.3 Å². The molecule has 118 valence electrons. The number of benzene rings is 1. The first-order valence-electron chi connectivity index (χ1n) is 6.31. The lowest BCUT2D eigenvalue weighted by Gasteiger charge is -2.12. The average Bonchev–Trinajstić information content (AvgIpc) is 2.89. The summed E-state index contributed by atoms with van der Waals surface area (Å²) < 4.78 is 27.1. The van der Waals surface area contributed by atoms with E-state index in [-0.39, 0.29) is 11.3 Å². The summed E-state index contributed by atoms with van der Waals surface area (Å²) >= 11 is 0. The molecule has 0 unspecified atom stereocenters. The van der Waals surface area contributed by atoms with Crippen molar-refractivity contribution in [2.45, 2.75) is 11.6 Å². The maximum absolute atomic E-state index is 12.3. The summed E-state index contributed by atoms with van der Waals surface area (Å²) in [5.41, 5.74) is 0.980. The van der Waals surface area contributed by atoms with E-state index in [1.165, 1.54) is 12.1 Å². The van der Waals surface area contributed by atoms with Crippen LogP contribution in [0.1, 0.15) is 21.5 Å². The van der Waals surface area contributed by atoms with Crippen LogP contribution in [0.2, 0.25) is 0 Å². The van der Waals surface area contributed by atoms with Gasteiger partial charge in [-0.25, -0.2) is 13.6 Å². The molecule has 1 aromatic heterocycles. The molecule has 8 heteroatoms. The van der Waals surface area contributed by atoms with Crippen LogP contribution < -0.4 is 5.14 Å². The number of nitrogens with two attached hydrogens (primary N) is 1. The van der Waals surface area contributed by atoms with Crippen LogP contribution in [0.25, 0.3) is 0 Å². The molecule has 0 spiro atoms. The van der Waals surface area contributed by atoms with Crippen LogP contribution in [-0.2, 0) is 16.6 Å². The molecular formula is C14H16N2O5S. The number of nitrogens with zero attached hydrogens (tertiary/aromatic N) is 1. The molecule has 2 aromatic rings. The molecule has 1 heterocycles. The molecule has 0 bridgehead atoms. The van der Waals surface area contributed by atoms with E-state index < -0.39 is 20.9 Å². The monoisotopic (exact) mass is 324 g/mol. The van der Waals surface area contributed by atoms with Gasteiger partial charge in [-0.1, -0.05) is 0 Å².